The minimum absolute atomic E-state index is 0.0127. The third kappa shape index (κ3) is 15.4. The maximum absolute atomic E-state index is 7.67. The molecule has 0 saturated carbocycles. The fourth-order valence-corrected chi connectivity index (χ4v) is 15.9. The fraction of sp³-hybridized carbons (Fsp3) is 0.586. The second-order valence-corrected chi connectivity index (χ2v) is 30.8. The Morgan fingerprint density at radius 1 is 0.529 bits per heavy atom. The van der Waals surface area contributed by atoms with Crippen molar-refractivity contribution in [2.45, 2.75) is 149 Å². The average Bonchev–Trinajstić information content (AvgIpc) is 3.32. The van der Waals surface area contributed by atoms with Crippen molar-refractivity contribution in [3.8, 4) is 5.75 Å². The molecule has 0 amide bonds. The molecule has 8 nitrogen and oxygen atoms in total. The average molecular weight is 972 g/mol. The lowest BCUT2D eigenvalue weighted by Gasteiger charge is -2.47. The van der Waals surface area contributed by atoms with Gasteiger partial charge in [-0.2, -0.15) is 0 Å². The summed E-state index contributed by atoms with van der Waals surface area (Å²) in [5.74, 6) is 0.892. The van der Waals surface area contributed by atoms with Gasteiger partial charge in [0, 0.05) is 64.6 Å². The van der Waals surface area contributed by atoms with E-state index in [4.69, 9.17) is 37.3 Å². The minimum atomic E-state index is -2.84. The van der Waals surface area contributed by atoms with Crippen molar-refractivity contribution in [3.63, 3.8) is 0 Å². The monoisotopic (exact) mass is 971 g/mol. The molecular formula is C58H90O8Si2. The second-order valence-electron chi connectivity index (χ2n) is 21.7. The highest BCUT2D eigenvalue weighted by atomic mass is 28.4. The van der Waals surface area contributed by atoms with Crippen molar-refractivity contribution in [1.82, 2.24) is 0 Å². The van der Waals surface area contributed by atoms with Gasteiger partial charge in [-0.1, -0.05) is 172 Å². The van der Waals surface area contributed by atoms with Crippen LogP contribution in [0.3, 0.4) is 0 Å². The van der Waals surface area contributed by atoms with Crippen molar-refractivity contribution in [1.29, 1.82) is 0 Å². The molecule has 9 atom stereocenters. The topological polar surface area (TPSA) is 73.8 Å². The van der Waals surface area contributed by atoms with Crippen LogP contribution in [0.2, 0.25) is 23.2 Å². The Bertz CT molecular complexity index is 1930. The van der Waals surface area contributed by atoms with Gasteiger partial charge in [0.2, 0.25) is 0 Å². The Kier molecular flexibility index (Phi) is 22.7. The summed E-state index contributed by atoms with van der Waals surface area (Å²) in [6.07, 6.45) is 1.42. The predicted molar refractivity (Wildman–Crippen MR) is 286 cm³/mol. The lowest BCUT2D eigenvalue weighted by atomic mass is 9.80. The van der Waals surface area contributed by atoms with Crippen LogP contribution in [0, 0.1) is 23.7 Å². The molecule has 4 aromatic rings. The summed E-state index contributed by atoms with van der Waals surface area (Å²) in [6, 6.07) is 40.4. The van der Waals surface area contributed by atoms with E-state index in [1.165, 1.54) is 15.9 Å². The standard InChI is InChI=1S/C58H90O8Si2/c1-43(41-65-68(58(8,9)10,50-28-22-18-23-29-50)51-30-24-19-25-31-51)55(66-67(15,16)57(5,6)7)46(4)56(64-39-36-47-32-34-49(59-11)35-33-47)45(3)54(62-14)40-53(61-13)44(2)52(60-12)37-38-63-42-48-26-20-17-21-27-48/h17-35,43-46,52-56H,36-42H2,1-16H3/t43-,44+,45-,46-,52-,53-,54+,55-,56-/m0/s1. The van der Waals surface area contributed by atoms with Crippen LogP contribution in [0.1, 0.15) is 93.2 Å². The van der Waals surface area contributed by atoms with Crippen LogP contribution in [-0.4, -0.2) is 95.4 Å². The Hall–Kier alpha value is -3.17. The first kappa shape index (κ1) is 57.4. The van der Waals surface area contributed by atoms with Crippen molar-refractivity contribution in [3.05, 3.63) is 126 Å². The van der Waals surface area contributed by atoms with Gasteiger partial charge in [0.1, 0.15) is 5.75 Å². The normalized spacial score (nSPS) is 16.8. The van der Waals surface area contributed by atoms with E-state index in [0.29, 0.717) is 32.8 Å². The summed E-state index contributed by atoms with van der Waals surface area (Å²) in [7, 11) is 1.96. The summed E-state index contributed by atoms with van der Waals surface area (Å²) >= 11 is 0. The molecule has 0 aliphatic carbocycles. The van der Waals surface area contributed by atoms with Crippen molar-refractivity contribution < 1.29 is 37.3 Å². The van der Waals surface area contributed by atoms with Gasteiger partial charge in [-0.05, 0) is 69.6 Å². The molecule has 0 saturated heterocycles. The molecule has 0 fully saturated rings. The highest BCUT2D eigenvalue weighted by molar-refractivity contribution is 6.99. The lowest BCUT2D eigenvalue weighted by molar-refractivity contribution is -0.115. The van der Waals surface area contributed by atoms with Gasteiger partial charge in [0.05, 0.1) is 50.8 Å². The number of methoxy groups -OCH3 is 4. The highest BCUT2D eigenvalue weighted by Crippen LogP contribution is 2.42. The number of hydrogen-bond acceptors (Lipinski definition) is 8. The van der Waals surface area contributed by atoms with Gasteiger partial charge in [-0.3, -0.25) is 0 Å². The molecule has 0 aromatic heterocycles. The molecule has 0 N–H and O–H groups in total. The first-order chi connectivity index (χ1) is 32.2. The van der Waals surface area contributed by atoms with Crippen molar-refractivity contribution >= 4 is 27.0 Å². The summed E-state index contributed by atoms with van der Waals surface area (Å²) in [4.78, 5) is 0. The molecular weight excluding hydrogens is 881 g/mol. The van der Waals surface area contributed by atoms with E-state index in [0.717, 1.165) is 24.2 Å². The molecule has 0 bridgehead atoms. The zero-order chi connectivity index (χ0) is 50.1. The van der Waals surface area contributed by atoms with Crippen LogP contribution in [-0.2, 0) is 45.6 Å². The van der Waals surface area contributed by atoms with E-state index < -0.39 is 16.6 Å². The van der Waals surface area contributed by atoms with Gasteiger partial charge in [-0.15, -0.1) is 0 Å². The quantitative estimate of drug-likeness (QED) is 0.0394. The first-order valence-corrected chi connectivity index (χ1v) is 29.9. The Morgan fingerprint density at radius 2 is 1.04 bits per heavy atom. The molecule has 0 spiro atoms. The summed E-state index contributed by atoms with van der Waals surface area (Å²) in [6.45, 7) is 30.2. The molecule has 68 heavy (non-hydrogen) atoms. The largest absolute Gasteiger partial charge is 0.497 e. The van der Waals surface area contributed by atoms with Gasteiger partial charge in [0.25, 0.3) is 8.32 Å². The summed E-state index contributed by atoms with van der Waals surface area (Å²) in [5.41, 5.74) is 2.36. The van der Waals surface area contributed by atoms with E-state index in [9.17, 15) is 0 Å². The second kappa shape index (κ2) is 26.9. The van der Waals surface area contributed by atoms with E-state index in [1.54, 1.807) is 21.3 Å². The number of rotatable bonds is 29. The lowest BCUT2D eigenvalue weighted by Crippen LogP contribution is -2.67. The zero-order valence-corrected chi connectivity index (χ0v) is 46.9. The summed E-state index contributed by atoms with van der Waals surface area (Å²) in [5, 5.41) is 2.38. The van der Waals surface area contributed by atoms with Crippen molar-refractivity contribution in [2.24, 2.45) is 23.7 Å². The first-order valence-electron chi connectivity index (χ1n) is 25.1. The molecule has 378 valence electrons. The molecule has 0 radical (unpaired) electrons. The number of benzene rings is 4. The Balaban J connectivity index is 1.69. The SMILES string of the molecule is COc1ccc(CCO[C@H]([C@@H](C)[C@@H](O[Si](C)(C)C(C)(C)C)[C@@H](C)CO[Si](c2ccccc2)(c2ccccc2)C(C)(C)C)[C@@H](C)[C@@H](C[C@H](OC)[C@H](C)[C@H](CCOCc2ccccc2)OC)OC)cc1. The van der Waals surface area contributed by atoms with Crippen molar-refractivity contribution in [2.75, 3.05) is 48.3 Å². The van der Waals surface area contributed by atoms with Crippen LogP contribution in [0.25, 0.3) is 0 Å². The van der Waals surface area contributed by atoms with Crippen LogP contribution < -0.4 is 15.1 Å². The third-order valence-corrected chi connectivity index (χ3v) is 24.5. The predicted octanol–water partition coefficient (Wildman–Crippen LogP) is 12.2. The molecule has 4 aromatic carbocycles. The smallest absolute Gasteiger partial charge is 0.261 e. The molecule has 0 heterocycles. The van der Waals surface area contributed by atoms with Gasteiger partial charge >= 0.3 is 0 Å². The molecule has 0 unspecified atom stereocenters. The zero-order valence-electron chi connectivity index (χ0n) is 44.9. The van der Waals surface area contributed by atoms with Gasteiger partial charge in [0.15, 0.2) is 8.32 Å². The van der Waals surface area contributed by atoms with Crippen LogP contribution in [0.15, 0.2) is 115 Å². The minimum Gasteiger partial charge on any atom is -0.497 e. The molecule has 4 rings (SSSR count). The maximum atomic E-state index is 7.67. The van der Waals surface area contributed by atoms with Gasteiger partial charge < -0.3 is 37.3 Å². The summed E-state index contributed by atoms with van der Waals surface area (Å²) < 4.78 is 53.1. The van der Waals surface area contributed by atoms with E-state index in [2.05, 4.69) is 167 Å². The van der Waals surface area contributed by atoms with Gasteiger partial charge in [-0.25, -0.2) is 0 Å². The molecule has 10 heteroatoms. The number of hydrogen-bond donors (Lipinski definition) is 0. The van der Waals surface area contributed by atoms with E-state index in [1.807, 2.05) is 37.4 Å². The van der Waals surface area contributed by atoms with E-state index >= 15 is 0 Å². The molecule has 0 aliphatic heterocycles. The Labute approximate surface area is 415 Å². The Morgan fingerprint density at radius 3 is 1.53 bits per heavy atom. The maximum Gasteiger partial charge on any atom is 0.261 e. The van der Waals surface area contributed by atoms with E-state index in [-0.39, 0.29) is 64.3 Å². The third-order valence-electron chi connectivity index (χ3n) is 15.0. The number of ether oxygens (including phenoxy) is 6. The van der Waals surface area contributed by atoms with Crippen LogP contribution in [0.4, 0.5) is 0 Å². The van der Waals surface area contributed by atoms with Crippen LogP contribution >= 0.6 is 0 Å². The van der Waals surface area contributed by atoms with Crippen LogP contribution in [0.5, 0.6) is 5.75 Å². The fourth-order valence-electron chi connectivity index (χ4n) is 9.74. The molecule has 0 aliphatic rings. The highest BCUT2D eigenvalue weighted by Gasteiger charge is 2.51.